The minimum atomic E-state index is -1.65. The number of rotatable bonds is 8. The Kier molecular flexibility index (Phi) is 8.35. The van der Waals surface area contributed by atoms with Gasteiger partial charge >= 0.3 is 0 Å². The topological polar surface area (TPSA) is 44.4 Å². The third kappa shape index (κ3) is 7.37. The molecule has 0 aromatic carbocycles. The first-order valence-corrected chi connectivity index (χ1v) is 15.4. The van der Waals surface area contributed by atoms with E-state index < -0.39 is 16.5 Å². The van der Waals surface area contributed by atoms with Crippen LogP contribution in [0.2, 0.25) is 36.3 Å². The molecule has 1 amide bonds. The molecule has 0 heterocycles. The number of hydrogen-bond donors (Lipinski definition) is 2. The van der Waals surface area contributed by atoms with Gasteiger partial charge in [-0.2, -0.15) is 0 Å². The van der Waals surface area contributed by atoms with Crippen molar-refractivity contribution in [3.8, 4) is 0 Å². The van der Waals surface area contributed by atoms with Crippen molar-refractivity contribution in [3.63, 3.8) is 0 Å². The van der Waals surface area contributed by atoms with Gasteiger partial charge in [0.1, 0.15) is 16.5 Å². The number of carbonyl (C=O) groups excluding carboxylic acids is 1. The average molecular weight is 386 g/mol. The Morgan fingerprint density at radius 1 is 1.00 bits per heavy atom. The Hall–Kier alpha value is -0.436. The van der Waals surface area contributed by atoms with Crippen LogP contribution in [0.3, 0.4) is 0 Å². The molecule has 2 N–H and O–H groups in total. The number of hydrogen-bond acceptors (Lipinski definition) is 3. The van der Waals surface area contributed by atoms with Gasteiger partial charge in [-0.05, 0) is 22.6 Å². The Bertz CT molecular complexity index is 434. The van der Waals surface area contributed by atoms with Gasteiger partial charge in [-0.3, -0.25) is 4.79 Å². The van der Waals surface area contributed by atoms with E-state index in [1.807, 2.05) is 7.05 Å². The number of nitrogens with zero attached hydrogens (tertiary/aromatic N) is 1. The van der Waals surface area contributed by atoms with Crippen molar-refractivity contribution < 1.29 is 4.79 Å². The molecule has 0 aliphatic carbocycles. The van der Waals surface area contributed by atoms with Gasteiger partial charge in [0.25, 0.3) is 0 Å². The van der Waals surface area contributed by atoms with Crippen LogP contribution < -0.4 is 9.96 Å². The van der Waals surface area contributed by atoms with Gasteiger partial charge < -0.3 is 14.9 Å². The van der Waals surface area contributed by atoms with Crippen LogP contribution in [0.5, 0.6) is 0 Å². The quantitative estimate of drug-likeness (QED) is 0.366. The predicted molar refractivity (Wildman–Crippen MR) is 117 cm³/mol. The lowest BCUT2D eigenvalue weighted by Gasteiger charge is -2.46. The van der Waals surface area contributed by atoms with Crippen molar-refractivity contribution in [1.29, 1.82) is 0 Å². The highest BCUT2D eigenvalue weighted by Crippen LogP contribution is 2.36. The molecule has 148 valence electrons. The molecule has 0 radical (unpaired) electrons. The van der Waals surface area contributed by atoms with E-state index in [0.717, 1.165) is 13.0 Å². The smallest absolute Gasteiger partial charge is 0.245 e. The van der Waals surface area contributed by atoms with Gasteiger partial charge in [-0.15, -0.1) is 0 Å². The first kappa shape index (κ1) is 24.6. The van der Waals surface area contributed by atoms with E-state index in [-0.39, 0.29) is 22.1 Å². The van der Waals surface area contributed by atoms with Crippen LogP contribution in [0.15, 0.2) is 12.7 Å². The molecule has 0 spiro atoms. The molecule has 0 aromatic heterocycles. The summed E-state index contributed by atoms with van der Waals surface area (Å²) in [5.74, 6) is -0.0154. The summed E-state index contributed by atoms with van der Waals surface area (Å²) in [4.78, 5) is 21.5. The predicted octanol–water partition coefficient (Wildman–Crippen LogP) is 4.54. The lowest BCUT2D eigenvalue weighted by atomic mass is 10.2. The van der Waals surface area contributed by atoms with Crippen molar-refractivity contribution in [2.45, 2.75) is 90.4 Å². The minimum absolute atomic E-state index is 0.0154. The van der Waals surface area contributed by atoms with Crippen LogP contribution in [-0.2, 0) is 4.79 Å². The molecule has 0 saturated heterocycles. The molecular weight excluding hydrogens is 342 g/mol. The Morgan fingerprint density at radius 3 is 1.64 bits per heavy atom. The fraction of sp³-hybridized carbons (Fsp3) is 0.842. The number of carbonyl (C=O) groups is 1. The molecule has 0 aliphatic rings. The Labute approximate surface area is 159 Å². The number of likely N-dealkylation sites (N-methyl/N-ethyl adjacent to an activating group) is 1. The van der Waals surface area contributed by atoms with Gasteiger partial charge in [0.15, 0.2) is 0 Å². The van der Waals surface area contributed by atoms with E-state index in [9.17, 15) is 4.79 Å². The van der Waals surface area contributed by atoms with E-state index in [4.69, 9.17) is 0 Å². The summed E-state index contributed by atoms with van der Waals surface area (Å²) in [7, 11) is -1.45. The molecule has 0 aliphatic heterocycles. The molecule has 0 aromatic rings. The van der Waals surface area contributed by atoms with E-state index in [1.165, 1.54) is 6.08 Å². The highest BCUT2D eigenvalue weighted by Gasteiger charge is 2.41. The Morgan fingerprint density at radius 2 is 1.36 bits per heavy atom. The maximum Gasteiger partial charge on any atom is 0.245 e. The van der Waals surface area contributed by atoms with Gasteiger partial charge in [0.05, 0.1) is 0 Å². The number of nitrogens with one attached hydrogen (secondary N) is 2. The number of amides is 1. The third-order valence-corrected chi connectivity index (χ3v) is 15.8. The molecule has 0 unspecified atom stereocenters. The molecular formula is C19H43N3OSi2. The third-order valence-electron chi connectivity index (χ3n) is 6.12. The van der Waals surface area contributed by atoms with Crippen LogP contribution in [0.25, 0.3) is 0 Å². The van der Waals surface area contributed by atoms with Crippen LogP contribution in [0.4, 0.5) is 0 Å². The lowest BCUT2D eigenvalue weighted by Crippen LogP contribution is -2.66. The van der Waals surface area contributed by atoms with Crippen LogP contribution >= 0.6 is 0 Å². The molecule has 0 fully saturated rings. The van der Waals surface area contributed by atoms with E-state index in [0.29, 0.717) is 0 Å². The van der Waals surface area contributed by atoms with Crippen LogP contribution in [0, 0.1) is 0 Å². The second-order valence-electron chi connectivity index (χ2n) is 10.3. The summed E-state index contributed by atoms with van der Waals surface area (Å²) >= 11 is 0. The Balaban J connectivity index is 5.32. The SMILES string of the molecule is C=CC(=O)N(C)CCC(N[Si](C)(C)C(C)(C)C)N[Si](C)(C)C(C)(C)C. The van der Waals surface area contributed by atoms with Gasteiger partial charge in [0, 0.05) is 19.8 Å². The average Bonchev–Trinajstić information content (AvgIpc) is 2.40. The fourth-order valence-electron chi connectivity index (χ4n) is 2.07. The van der Waals surface area contributed by atoms with Crippen molar-refractivity contribution in [2.24, 2.45) is 0 Å². The van der Waals surface area contributed by atoms with Crippen LogP contribution in [0.1, 0.15) is 48.0 Å². The molecule has 0 bridgehead atoms. The second kappa shape index (κ2) is 8.50. The van der Waals surface area contributed by atoms with Gasteiger partial charge in [-0.25, -0.2) is 0 Å². The standard InChI is InChI=1S/C19H43N3OSi2/c1-13-17(23)22(8)15-14-16(20-24(9,10)18(2,3)4)21-25(11,12)19(5,6)7/h13,16,20-21H,1,14-15H2,2-12H3. The normalized spacial score (nSPS) is 13.9. The maximum absolute atomic E-state index is 11.8. The van der Waals surface area contributed by atoms with Crippen molar-refractivity contribution in [2.75, 3.05) is 13.6 Å². The summed E-state index contributed by atoms with van der Waals surface area (Å²) in [6.07, 6.45) is 2.51. The summed E-state index contributed by atoms with van der Waals surface area (Å²) in [5.41, 5.74) is 0. The van der Waals surface area contributed by atoms with Crippen LogP contribution in [-0.4, -0.2) is 47.0 Å². The van der Waals surface area contributed by atoms with Crippen molar-refractivity contribution in [1.82, 2.24) is 14.9 Å². The molecule has 25 heavy (non-hydrogen) atoms. The molecule has 0 atom stereocenters. The fourth-order valence-corrected chi connectivity index (χ4v) is 5.26. The lowest BCUT2D eigenvalue weighted by molar-refractivity contribution is -0.124. The zero-order chi connectivity index (χ0) is 20.3. The minimum Gasteiger partial charge on any atom is -0.342 e. The summed E-state index contributed by atoms with van der Waals surface area (Å²) in [5, 5.41) is 0.534. The highest BCUT2D eigenvalue weighted by atomic mass is 28.3. The van der Waals surface area contributed by atoms with Crippen molar-refractivity contribution >= 4 is 22.4 Å². The van der Waals surface area contributed by atoms with E-state index in [2.05, 4.69) is 84.3 Å². The van der Waals surface area contributed by atoms with Crippen molar-refractivity contribution in [3.05, 3.63) is 12.7 Å². The molecule has 4 nitrogen and oxygen atoms in total. The second-order valence-corrected chi connectivity index (χ2v) is 20.4. The van der Waals surface area contributed by atoms with E-state index in [1.54, 1.807) is 4.90 Å². The van der Waals surface area contributed by atoms with E-state index >= 15 is 0 Å². The molecule has 0 rings (SSSR count). The largest absolute Gasteiger partial charge is 0.342 e. The first-order chi connectivity index (χ1) is 10.9. The summed E-state index contributed by atoms with van der Waals surface area (Å²) in [6.45, 7) is 27.8. The zero-order valence-corrected chi connectivity index (χ0v) is 20.6. The highest BCUT2D eigenvalue weighted by molar-refractivity contribution is 6.79. The first-order valence-electron chi connectivity index (χ1n) is 9.37. The van der Waals surface area contributed by atoms with Gasteiger partial charge in [0.2, 0.25) is 5.91 Å². The maximum atomic E-state index is 11.8. The molecule has 0 saturated carbocycles. The summed E-state index contributed by atoms with van der Waals surface area (Å²) < 4.78 is 0. The summed E-state index contributed by atoms with van der Waals surface area (Å²) in [6, 6.07) is 0. The van der Waals surface area contributed by atoms with Gasteiger partial charge in [-0.1, -0.05) is 74.3 Å². The molecule has 6 heteroatoms. The monoisotopic (exact) mass is 385 g/mol. The zero-order valence-electron chi connectivity index (χ0n) is 18.6.